The lowest BCUT2D eigenvalue weighted by molar-refractivity contribution is 0.106. The van der Waals surface area contributed by atoms with E-state index in [2.05, 4.69) is 24.9 Å². The Labute approximate surface area is 184 Å². The van der Waals surface area contributed by atoms with Crippen LogP contribution in [0.5, 0.6) is 0 Å². The van der Waals surface area contributed by atoms with Crippen molar-refractivity contribution in [3.8, 4) is 11.3 Å². The van der Waals surface area contributed by atoms with Gasteiger partial charge in [-0.25, -0.2) is 31.7 Å². The van der Waals surface area contributed by atoms with Gasteiger partial charge in [-0.1, -0.05) is 0 Å². The standard InChI is InChI=1S/C20H23F2N7O2S/c1-32(30,31)28-9-8-26-6-7-27(12-15(26)13-28)19-10-14(4-5-23-19)17-11-24-18-3-2-16(20(21)22)25-29(17)18/h2-5,10-11,15,20H,6-9,12-13H2,1H3. The van der Waals surface area contributed by atoms with Crippen LogP contribution < -0.4 is 4.90 Å². The Bertz CT molecular complexity index is 1250. The third-order valence-corrected chi connectivity index (χ3v) is 7.37. The number of sulfonamides is 1. The number of halogens is 2. The second kappa shape index (κ2) is 8.01. The molecule has 0 saturated carbocycles. The van der Waals surface area contributed by atoms with E-state index in [1.54, 1.807) is 18.5 Å². The van der Waals surface area contributed by atoms with Crippen molar-refractivity contribution in [2.24, 2.45) is 0 Å². The number of pyridine rings is 1. The van der Waals surface area contributed by atoms with E-state index in [1.807, 2.05) is 6.07 Å². The number of fused-ring (bicyclic) bond motifs is 2. The van der Waals surface area contributed by atoms with E-state index in [4.69, 9.17) is 0 Å². The van der Waals surface area contributed by atoms with Crippen molar-refractivity contribution in [3.05, 3.63) is 42.4 Å². The van der Waals surface area contributed by atoms with Gasteiger partial charge in [0.15, 0.2) is 5.65 Å². The van der Waals surface area contributed by atoms with E-state index in [0.29, 0.717) is 31.0 Å². The molecule has 1 atom stereocenters. The van der Waals surface area contributed by atoms with Gasteiger partial charge in [-0.2, -0.15) is 9.40 Å². The first kappa shape index (κ1) is 21.2. The summed E-state index contributed by atoms with van der Waals surface area (Å²) in [6, 6.07) is 6.58. The lowest BCUT2D eigenvalue weighted by atomic mass is 10.1. The molecule has 0 amide bonds. The molecule has 0 spiro atoms. The maximum atomic E-state index is 13.1. The van der Waals surface area contributed by atoms with Gasteiger partial charge in [-0.3, -0.25) is 4.90 Å². The Kier molecular flexibility index (Phi) is 5.30. The normalized spacial score (nSPS) is 20.8. The minimum atomic E-state index is -3.22. The Balaban J connectivity index is 1.41. The van der Waals surface area contributed by atoms with Crippen LogP contribution in [0.15, 0.2) is 36.7 Å². The van der Waals surface area contributed by atoms with E-state index in [0.717, 1.165) is 31.0 Å². The third-order valence-electron chi connectivity index (χ3n) is 6.10. The summed E-state index contributed by atoms with van der Waals surface area (Å²) >= 11 is 0. The van der Waals surface area contributed by atoms with E-state index in [9.17, 15) is 17.2 Å². The average Bonchev–Trinajstić information content (AvgIpc) is 3.21. The number of aromatic nitrogens is 4. The lowest BCUT2D eigenvalue weighted by Crippen LogP contribution is -2.62. The summed E-state index contributed by atoms with van der Waals surface area (Å²) in [7, 11) is -3.22. The zero-order valence-electron chi connectivity index (χ0n) is 17.5. The fourth-order valence-electron chi connectivity index (χ4n) is 4.39. The van der Waals surface area contributed by atoms with Gasteiger partial charge in [0.2, 0.25) is 10.0 Å². The molecule has 0 N–H and O–H groups in total. The number of nitrogens with zero attached hydrogens (tertiary/aromatic N) is 7. The number of imidazole rings is 1. The van der Waals surface area contributed by atoms with Crippen LogP contribution in [0.25, 0.3) is 16.9 Å². The smallest absolute Gasteiger partial charge is 0.282 e. The van der Waals surface area contributed by atoms with E-state index < -0.39 is 16.4 Å². The number of rotatable bonds is 4. The van der Waals surface area contributed by atoms with Crippen LogP contribution in [0.3, 0.4) is 0 Å². The monoisotopic (exact) mass is 463 g/mol. The van der Waals surface area contributed by atoms with Gasteiger partial charge in [0.05, 0.1) is 18.1 Å². The van der Waals surface area contributed by atoms with E-state index >= 15 is 0 Å². The minimum Gasteiger partial charge on any atom is -0.354 e. The van der Waals surface area contributed by atoms with Crippen molar-refractivity contribution < 1.29 is 17.2 Å². The molecular weight excluding hydrogens is 440 g/mol. The molecule has 0 bridgehead atoms. The number of anilines is 1. The van der Waals surface area contributed by atoms with Crippen LogP contribution in [-0.2, 0) is 10.0 Å². The summed E-state index contributed by atoms with van der Waals surface area (Å²) in [5.74, 6) is 0.749. The molecule has 0 radical (unpaired) electrons. The van der Waals surface area contributed by atoms with Crippen molar-refractivity contribution in [2.45, 2.75) is 12.5 Å². The number of alkyl halides is 2. The second-order valence-corrected chi connectivity index (χ2v) is 10.1. The molecular formula is C20H23F2N7O2S. The topological polar surface area (TPSA) is 86.9 Å². The second-order valence-electron chi connectivity index (χ2n) is 8.13. The Morgan fingerprint density at radius 2 is 1.88 bits per heavy atom. The highest BCUT2D eigenvalue weighted by atomic mass is 32.2. The van der Waals surface area contributed by atoms with Crippen molar-refractivity contribution in [2.75, 3.05) is 50.4 Å². The molecule has 5 rings (SSSR count). The van der Waals surface area contributed by atoms with Gasteiger partial charge < -0.3 is 4.90 Å². The fraction of sp³-hybridized carbons (Fsp3) is 0.450. The first-order chi connectivity index (χ1) is 15.3. The zero-order chi connectivity index (χ0) is 22.5. The maximum absolute atomic E-state index is 13.1. The van der Waals surface area contributed by atoms with Gasteiger partial charge in [-0.15, -0.1) is 0 Å². The van der Waals surface area contributed by atoms with Crippen molar-refractivity contribution >= 4 is 21.5 Å². The Morgan fingerprint density at radius 3 is 2.66 bits per heavy atom. The largest absolute Gasteiger partial charge is 0.354 e. The summed E-state index contributed by atoms with van der Waals surface area (Å²) < 4.78 is 53.2. The number of hydrogen-bond donors (Lipinski definition) is 0. The van der Waals surface area contributed by atoms with E-state index in [1.165, 1.54) is 27.2 Å². The molecule has 9 nitrogen and oxygen atoms in total. The molecule has 2 fully saturated rings. The van der Waals surface area contributed by atoms with Gasteiger partial charge in [0.25, 0.3) is 6.43 Å². The molecule has 2 aliphatic rings. The van der Waals surface area contributed by atoms with Gasteiger partial charge in [0, 0.05) is 57.1 Å². The molecule has 2 aliphatic heterocycles. The first-order valence-corrected chi connectivity index (χ1v) is 12.2. The molecule has 3 aromatic heterocycles. The van der Waals surface area contributed by atoms with Crippen LogP contribution in [0.2, 0.25) is 0 Å². The van der Waals surface area contributed by atoms with Crippen LogP contribution in [0.4, 0.5) is 14.6 Å². The first-order valence-electron chi connectivity index (χ1n) is 10.3. The third kappa shape index (κ3) is 3.93. The summed E-state index contributed by atoms with van der Waals surface area (Å²) in [6.07, 6.45) is 1.87. The summed E-state index contributed by atoms with van der Waals surface area (Å²) in [5.41, 5.74) is 1.55. The van der Waals surface area contributed by atoms with Crippen molar-refractivity contribution in [1.29, 1.82) is 0 Å². The SMILES string of the molecule is CS(=O)(=O)N1CCN2CCN(c3cc(-c4cnc5ccc(C(F)F)nn45)ccn3)CC2C1. The molecule has 0 aromatic carbocycles. The molecule has 12 heteroatoms. The van der Waals surface area contributed by atoms with Gasteiger partial charge in [-0.05, 0) is 24.3 Å². The molecule has 2 saturated heterocycles. The predicted octanol–water partition coefficient (Wildman–Crippen LogP) is 1.49. The summed E-state index contributed by atoms with van der Waals surface area (Å²) in [5, 5.41) is 4.04. The van der Waals surface area contributed by atoms with Gasteiger partial charge >= 0.3 is 0 Å². The van der Waals surface area contributed by atoms with Crippen molar-refractivity contribution in [3.63, 3.8) is 0 Å². The average molecular weight is 464 g/mol. The summed E-state index contributed by atoms with van der Waals surface area (Å²) in [6.45, 7) is 3.95. The predicted molar refractivity (Wildman–Crippen MR) is 115 cm³/mol. The lowest BCUT2D eigenvalue weighted by Gasteiger charge is -2.46. The molecule has 32 heavy (non-hydrogen) atoms. The van der Waals surface area contributed by atoms with Crippen LogP contribution in [0.1, 0.15) is 12.1 Å². The highest BCUT2D eigenvalue weighted by Gasteiger charge is 2.35. The van der Waals surface area contributed by atoms with Crippen LogP contribution in [0, 0.1) is 0 Å². The molecule has 5 heterocycles. The fourth-order valence-corrected chi connectivity index (χ4v) is 5.24. The number of piperazine rings is 2. The quantitative estimate of drug-likeness (QED) is 0.580. The highest BCUT2D eigenvalue weighted by molar-refractivity contribution is 7.88. The minimum absolute atomic E-state index is 0.0868. The maximum Gasteiger partial charge on any atom is 0.282 e. The van der Waals surface area contributed by atoms with Gasteiger partial charge in [0.1, 0.15) is 11.5 Å². The molecule has 1 unspecified atom stereocenters. The Hall–Kier alpha value is -2.70. The highest BCUT2D eigenvalue weighted by Crippen LogP contribution is 2.27. The van der Waals surface area contributed by atoms with Crippen molar-refractivity contribution in [1.82, 2.24) is 28.8 Å². The molecule has 0 aliphatic carbocycles. The molecule has 170 valence electrons. The van der Waals surface area contributed by atoms with Crippen LogP contribution in [-0.4, -0.2) is 88.8 Å². The zero-order valence-corrected chi connectivity index (χ0v) is 18.3. The number of hydrogen-bond acceptors (Lipinski definition) is 7. The molecule has 3 aromatic rings. The van der Waals surface area contributed by atoms with Crippen LogP contribution >= 0.6 is 0 Å². The summed E-state index contributed by atoms with van der Waals surface area (Å²) in [4.78, 5) is 13.2. The van der Waals surface area contributed by atoms with E-state index in [-0.39, 0.29) is 11.7 Å². The Morgan fingerprint density at radius 1 is 1.06 bits per heavy atom.